The van der Waals surface area contributed by atoms with Gasteiger partial charge in [0.05, 0.1) is 0 Å². The van der Waals surface area contributed by atoms with Gasteiger partial charge in [-0.2, -0.15) is 0 Å². The monoisotopic (exact) mass is 152 g/mol. The van der Waals surface area contributed by atoms with E-state index in [1.54, 1.807) is 6.08 Å². The molecule has 58 valence electrons. The predicted molar refractivity (Wildman–Crippen MR) is 39.2 cm³/mol. The summed E-state index contributed by atoms with van der Waals surface area (Å²) in [6.45, 7) is 0. The van der Waals surface area contributed by atoms with Gasteiger partial charge in [0.1, 0.15) is 0 Å². The fourth-order valence-electron chi connectivity index (χ4n) is 0.781. The predicted octanol–water partition coefficient (Wildman–Crippen LogP) is -0.568. The molecule has 0 aromatic carbocycles. The smallest absolute Gasteiger partial charge is 0.264 e. The highest BCUT2D eigenvalue weighted by Crippen LogP contribution is 2.06. The first-order valence-corrected chi connectivity index (χ1v) is 3.16. The third kappa shape index (κ3) is 1.75. The highest BCUT2D eigenvalue weighted by molar-refractivity contribution is 6.02. The topological polar surface area (TPSA) is 72.2 Å². The van der Waals surface area contributed by atoms with Crippen LogP contribution in [0.2, 0.25) is 0 Å². The normalized spacial score (nSPS) is 16.1. The lowest BCUT2D eigenvalue weighted by Gasteiger charge is -2.02. The molecule has 4 nitrogen and oxygen atoms in total. The van der Waals surface area contributed by atoms with E-state index >= 15 is 0 Å². The van der Waals surface area contributed by atoms with Crippen molar-refractivity contribution in [3.05, 3.63) is 23.8 Å². The van der Waals surface area contributed by atoms with E-state index in [1.165, 1.54) is 12.2 Å². The first-order valence-electron chi connectivity index (χ1n) is 3.16. The molecule has 0 radical (unpaired) electrons. The van der Waals surface area contributed by atoms with Gasteiger partial charge in [-0.1, -0.05) is 6.08 Å². The molecule has 0 aromatic heterocycles. The second-order valence-electron chi connectivity index (χ2n) is 2.14. The highest BCUT2D eigenvalue weighted by Gasteiger charge is 2.08. The number of carbonyl (C=O) groups is 2. The number of ketones is 1. The number of hydrogen-bond donors (Lipinski definition) is 2. The lowest BCUT2D eigenvalue weighted by Crippen LogP contribution is -2.31. The summed E-state index contributed by atoms with van der Waals surface area (Å²) in [6, 6.07) is 0. The van der Waals surface area contributed by atoms with E-state index in [1.807, 2.05) is 5.43 Å². The van der Waals surface area contributed by atoms with Crippen molar-refractivity contribution in [1.82, 2.24) is 5.43 Å². The van der Waals surface area contributed by atoms with Crippen LogP contribution in [0.5, 0.6) is 0 Å². The zero-order chi connectivity index (χ0) is 8.27. The molecular formula is C7H8N2O2. The second-order valence-corrected chi connectivity index (χ2v) is 2.14. The molecule has 1 amide bonds. The van der Waals surface area contributed by atoms with Crippen LogP contribution in [-0.2, 0) is 9.59 Å². The van der Waals surface area contributed by atoms with Crippen LogP contribution < -0.4 is 11.3 Å². The van der Waals surface area contributed by atoms with Gasteiger partial charge < -0.3 is 0 Å². The van der Waals surface area contributed by atoms with Crippen molar-refractivity contribution in [2.24, 2.45) is 5.84 Å². The van der Waals surface area contributed by atoms with Gasteiger partial charge in [-0.05, 0) is 12.2 Å². The van der Waals surface area contributed by atoms with Gasteiger partial charge in [0.15, 0.2) is 5.78 Å². The Hall–Kier alpha value is -1.42. The fourth-order valence-corrected chi connectivity index (χ4v) is 0.781. The molecule has 0 fully saturated rings. The number of nitrogens with one attached hydrogen (secondary N) is 1. The molecule has 11 heavy (non-hydrogen) atoms. The Morgan fingerprint density at radius 1 is 1.55 bits per heavy atom. The van der Waals surface area contributed by atoms with Crippen molar-refractivity contribution in [2.75, 3.05) is 0 Å². The number of rotatable bonds is 1. The van der Waals surface area contributed by atoms with Gasteiger partial charge in [-0.25, -0.2) is 5.84 Å². The first kappa shape index (κ1) is 7.68. The largest absolute Gasteiger partial charge is 0.295 e. The molecule has 4 heteroatoms. The second kappa shape index (κ2) is 3.12. The van der Waals surface area contributed by atoms with Crippen LogP contribution in [0.15, 0.2) is 23.8 Å². The van der Waals surface area contributed by atoms with Gasteiger partial charge in [-0.3, -0.25) is 15.0 Å². The van der Waals surface area contributed by atoms with Crippen molar-refractivity contribution >= 4 is 11.7 Å². The number of hydrogen-bond acceptors (Lipinski definition) is 3. The number of hydrazine groups is 1. The summed E-state index contributed by atoms with van der Waals surface area (Å²) in [5.41, 5.74) is 2.42. The summed E-state index contributed by atoms with van der Waals surface area (Å²) < 4.78 is 0. The van der Waals surface area contributed by atoms with Gasteiger partial charge in [0.25, 0.3) is 5.91 Å². The standard InChI is InChI=1S/C7H8N2O2/c8-9-7(11)5-1-3-6(10)4-2-5/h1-3H,4,8H2,(H,9,11). The number of carbonyl (C=O) groups excluding carboxylic acids is 2. The van der Waals surface area contributed by atoms with Crippen LogP contribution in [-0.4, -0.2) is 11.7 Å². The van der Waals surface area contributed by atoms with E-state index in [2.05, 4.69) is 0 Å². The number of amides is 1. The molecule has 0 bridgehead atoms. The molecular weight excluding hydrogens is 144 g/mol. The van der Waals surface area contributed by atoms with Crippen LogP contribution in [0.4, 0.5) is 0 Å². The number of allylic oxidation sites excluding steroid dienone is 2. The molecule has 0 aliphatic heterocycles. The van der Waals surface area contributed by atoms with E-state index in [0.717, 1.165) is 0 Å². The minimum atomic E-state index is -0.367. The molecule has 0 spiro atoms. The SMILES string of the molecule is NNC(=O)C1=CCC(=O)C=C1. The van der Waals surface area contributed by atoms with Gasteiger partial charge in [0, 0.05) is 12.0 Å². The Balaban J connectivity index is 2.70. The van der Waals surface area contributed by atoms with Crippen molar-refractivity contribution in [2.45, 2.75) is 6.42 Å². The molecule has 0 saturated carbocycles. The van der Waals surface area contributed by atoms with E-state index in [4.69, 9.17) is 5.84 Å². The summed E-state index contributed by atoms with van der Waals surface area (Å²) in [5, 5.41) is 0. The van der Waals surface area contributed by atoms with Crippen LogP contribution >= 0.6 is 0 Å². The van der Waals surface area contributed by atoms with Crippen molar-refractivity contribution in [1.29, 1.82) is 0 Å². The number of nitrogens with two attached hydrogens (primary N) is 1. The maximum Gasteiger partial charge on any atom is 0.264 e. The molecule has 0 aromatic rings. The lowest BCUT2D eigenvalue weighted by atomic mass is 10.1. The average molecular weight is 152 g/mol. The zero-order valence-corrected chi connectivity index (χ0v) is 5.83. The van der Waals surface area contributed by atoms with Crippen molar-refractivity contribution in [3.8, 4) is 0 Å². The van der Waals surface area contributed by atoms with E-state index in [-0.39, 0.29) is 18.1 Å². The molecule has 0 heterocycles. The third-order valence-corrected chi connectivity index (χ3v) is 1.37. The van der Waals surface area contributed by atoms with Crippen LogP contribution in [0, 0.1) is 0 Å². The van der Waals surface area contributed by atoms with E-state index in [9.17, 15) is 9.59 Å². The summed E-state index contributed by atoms with van der Waals surface area (Å²) in [5.74, 6) is 4.51. The fraction of sp³-hybridized carbons (Fsp3) is 0.143. The maximum absolute atomic E-state index is 10.8. The lowest BCUT2D eigenvalue weighted by molar-refractivity contribution is -0.117. The summed E-state index contributed by atoms with van der Waals surface area (Å²) >= 11 is 0. The third-order valence-electron chi connectivity index (χ3n) is 1.37. The van der Waals surface area contributed by atoms with Gasteiger partial charge in [0.2, 0.25) is 0 Å². The molecule has 1 rings (SSSR count). The van der Waals surface area contributed by atoms with Crippen molar-refractivity contribution < 1.29 is 9.59 Å². The van der Waals surface area contributed by atoms with Crippen LogP contribution in [0.1, 0.15) is 6.42 Å². The van der Waals surface area contributed by atoms with Gasteiger partial charge >= 0.3 is 0 Å². The first-order chi connectivity index (χ1) is 5.24. The highest BCUT2D eigenvalue weighted by atomic mass is 16.2. The zero-order valence-electron chi connectivity index (χ0n) is 5.83. The summed E-state index contributed by atoms with van der Waals surface area (Å²) in [4.78, 5) is 21.4. The quantitative estimate of drug-likeness (QED) is 0.300. The Morgan fingerprint density at radius 2 is 2.27 bits per heavy atom. The minimum absolute atomic E-state index is 0.00132. The van der Waals surface area contributed by atoms with Gasteiger partial charge in [-0.15, -0.1) is 0 Å². The molecule has 1 aliphatic carbocycles. The molecule has 3 N–H and O–H groups in total. The Bertz CT molecular complexity index is 253. The average Bonchev–Trinajstić information content (AvgIpc) is 2.05. The molecule has 0 unspecified atom stereocenters. The molecule has 0 atom stereocenters. The van der Waals surface area contributed by atoms with E-state index < -0.39 is 0 Å². The van der Waals surface area contributed by atoms with Crippen LogP contribution in [0.25, 0.3) is 0 Å². The Kier molecular flexibility index (Phi) is 2.18. The van der Waals surface area contributed by atoms with E-state index in [0.29, 0.717) is 5.57 Å². The maximum atomic E-state index is 10.8. The van der Waals surface area contributed by atoms with Crippen molar-refractivity contribution in [3.63, 3.8) is 0 Å². The summed E-state index contributed by atoms with van der Waals surface area (Å²) in [7, 11) is 0. The molecule has 1 aliphatic rings. The molecule has 0 saturated heterocycles. The Labute approximate surface area is 63.7 Å². The minimum Gasteiger partial charge on any atom is -0.295 e. The summed E-state index contributed by atoms with van der Waals surface area (Å²) in [6.07, 6.45) is 4.64. The Morgan fingerprint density at radius 3 is 2.73 bits per heavy atom. The van der Waals surface area contributed by atoms with Crippen LogP contribution in [0.3, 0.4) is 0 Å².